The zero-order valence-electron chi connectivity index (χ0n) is 16.7. The van der Waals surface area contributed by atoms with Crippen LogP contribution in [0.4, 0.5) is 0 Å². The molecule has 4 aromatic rings. The lowest BCUT2D eigenvalue weighted by Gasteiger charge is -2.09. The lowest BCUT2D eigenvalue weighted by molar-refractivity contribution is 0.329. The predicted molar refractivity (Wildman–Crippen MR) is 109 cm³/mol. The average Bonchev–Trinajstić information content (AvgIpc) is 3.23. The second kappa shape index (κ2) is 7.79. The number of methoxy groups -OCH3 is 2. The summed E-state index contributed by atoms with van der Waals surface area (Å²) in [5, 5.41) is 5.14. The highest BCUT2D eigenvalue weighted by Gasteiger charge is 2.18. The van der Waals surface area contributed by atoms with E-state index in [0.29, 0.717) is 41.3 Å². The molecule has 7 heteroatoms. The van der Waals surface area contributed by atoms with Crippen LogP contribution < -0.4 is 14.2 Å². The van der Waals surface area contributed by atoms with E-state index >= 15 is 0 Å². The number of nitrogens with zero attached hydrogens (tertiary/aromatic N) is 3. The highest BCUT2D eigenvalue weighted by molar-refractivity contribution is 5.87. The van der Waals surface area contributed by atoms with E-state index < -0.39 is 0 Å². The Bertz CT molecular complexity index is 1170. The van der Waals surface area contributed by atoms with Crippen molar-refractivity contribution in [2.24, 2.45) is 0 Å². The second-order valence-corrected chi connectivity index (χ2v) is 6.41. The summed E-state index contributed by atoms with van der Waals surface area (Å²) in [5.74, 6) is 2.47. The molecule has 2 aromatic carbocycles. The van der Waals surface area contributed by atoms with Crippen LogP contribution in [0.5, 0.6) is 17.4 Å². The number of ether oxygens (including phenoxy) is 3. The van der Waals surface area contributed by atoms with Gasteiger partial charge in [0, 0.05) is 10.9 Å². The summed E-state index contributed by atoms with van der Waals surface area (Å²) in [7, 11) is 3.17. The topological polar surface area (TPSA) is 79.5 Å². The van der Waals surface area contributed by atoms with E-state index in [1.165, 1.54) is 0 Å². The largest absolute Gasteiger partial charge is 0.493 e. The second-order valence-electron chi connectivity index (χ2n) is 6.41. The van der Waals surface area contributed by atoms with Crippen LogP contribution in [0.1, 0.15) is 12.5 Å². The van der Waals surface area contributed by atoms with E-state index in [2.05, 4.69) is 10.1 Å². The van der Waals surface area contributed by atoms with E-state index in [1.807, 2.05) is 44.2 Å². The van der Waals surface area contributed by atoms with E-state index in [9.17, 15) is 0 Å². The molecular formula is C22H21N3O4. The molecule has 0 aliphatic rings. The van der Waals surface area contributed by atoms with Crippen LogP contribution in [0.25, 0.3) is 33.7 Å². The quantitative estimate of drug-likeness (QED) is 0.472. The van der Waals surface area contributed by atoms with Crippen LogP contribution in [0.3, 0.4) is 0 Å². The van der Waals surface area contributed by atoms with Crippen molar-refractivity contribution in [3.8, 4) is 40.2 Å². The van der Waals surface area contributed by atoms with Gasteiger partial charge >= 0.3 is 0 Å². The minimum Gasteiger partial charge on any atom is -0.493 e. The fraction of sp³-hybridized carbons (Fsp3) is 0.227. The third kappa shape index (κ3) is 3.47. The first-order valence-corrected chi connectivity index (χ1v) is 9.24. The number of benzene rings is 2. The highest BCUT2D eigenvalue weighted by Crippen LogP contribution is 2.35. The number of fused-ring (bicyclic) bond motifs is 1. The molecule has 29 heavy (non-hydrogen) atoms. The summed E-state index contributed by atoms with van der Waals surface area (Å²) in [6, 6.07) is 13.4. The normalized spacial score (nSPS) is 10.9. The molecule has 0 aliphatic heterocycles. The Balaban J connectivity index is 1.80. The molecule has 0 bridgehead atoms. The maximum Gasteiger partial charge on any atom is 0.258 e. The van der Waals surface area contributed by atoms with Crippen LogP contribution in [0.2, 0.25) is 0 Å². The van der Waals surface area contributed by atoms with Gasteiger partial charge in [0.15, 0.2) is 11.5 Å². The third-order valence-corrected chi connectivity index (χ3v) is 4.59. The molecule has 0 saturated heterocycles. The van der Waals surface area contributed by atoms with Crippen molar-refractivity contribution in [2.75, 3.05) is 20.8 Å². The molecule has 0 unspecified atom stereocenters. The van der Waals surface area contributed by atoms with Gasteiger partial charge in [-0.15, -0.1) is 0 Å². The Hall–Kier alpha value is -3.61. The summed E-state index contributed by atoms with van der Waals surface area (Å²) in [5.41, 5.74) is 3.38. The lowest BCUT2D eigenvalue weighted by Crippen LogP contribution is -1.99. The van der Waals surface area contributed by atoms with E-state index in [4.69, 9.17) is 23.7 Å². The van der Waals surface area contributed by atoms with Crippen molar-refractivity contribution < 1.29 is 18.7 Å². The number of para-hydroxylation sites is 1. The fourth-order valence-electron chi connectivity index (χ4n) is 3.16. The fourth-order valence-corrected chi connectivity index (χ4v) is 3.16. The predicted octanol–water partition coefficient (Wildman–Crippen LogP) is 4.68. The van der Waals surface area contributed by atoms with Gasteiger partial charge in [-0.1, -0.05) is 23.4 Å². The van der Waals surface area contributed by atoms with Crippen molar-refractivity contribution in [1.82, 2.24) is 15.1 Å². The highest BCUT2D eigenvalue weighted by atomic mass is 16.5. The molecule has 0 radical (unpaired) electrons. The Labute approximate surface area is 168 Å². The Kier molecular flexibility index (Phi) is 5.03. The molecule has 0 spiro atoms. The molecular weight excluding hydrogens is 370 g/mol. The maximum absolute atomic E-state index is 5.77. The Morgan fingerprint density at radius 2 is 1.79 bits per heavy atom. The first kappa shape index (κ1) is 18.7. The van der Waals surface area contributed by atoms with Crippen molar-refractivity contribution in [3.05, 3.63) is 48.0 Å². The van der Waals surface area contributed by atoms with E-state index in [1.54, 1.807) is 26.4 Å². The minimum absolute atomic E-state index is 0.368. The maximum atomic E-state index is 5.77. The Morgan fingerprint density at radius 3 is 2.55 bits per heavy atom. The summed E-state index contributed by atoms with van der Waals surface area (Å²) >= 11 is 0. The van der Waals surface area contributed by atoms with Gasteiger partial charge in [0.05, 0.1) is 31.9 Å². The number of aryl methyl sites for hydroxylation is 1. The smallest absolute Gasteiger partial charge is 0.258 e. The van der Waals surface area contributed by atoms with Gasteiger partial charge in [0.1, 0.15) is 0 Å². The summed E-state index contributed by atoms with van der Waals surface area (Å²) in [6.07, 6.45) is 0. The van der Waals surface area contributed by atoms with Crippen LogP contribution in [0.15, 0.2) is 47.0 Å². The number of aromatic nitrogens is 3. The van der Waals surface area contributed by atoms with Gasteiger partial charge in [0.2, 0.25) is 11.7 Å². The number of pyridine rings is 1. The number of hydrogen-bond donors (Lipinski definition) is 0. The number of hydrogen-bond acceptors (Lipinski definition) is 7. The Morgan fingerprint density at radius 1 is 0.966 bits per heavy atom. The zero-order chi connectivity index (χ0) is 20.4. The van der Waals surface area contributed by atoms with Crippen molar-refractivity contribution in [3.63, 3.8) is 0 Å². The molecule has 2 heterocycles. The molecule has 0 N–H and O–H groups in total. The van der Waals surface area contributed by atoms with Gasteiger partial charge in [0.25, 0.3) is 5.89 Å². The van der Waals surface area contributed by atoms with Crippen LogP contribution >= 0.6 is 0 Å². The summed E-state index contributed by atoms with van der Waals surface area (Å²) < 4.78 is 21.9. The SMILES string of the molecule is CCOc1nc2c(C)cccc2cc1-c1noc(-c2ccc(OC)c(OC)c2)n1. The molecule has 7 nitrogen and oxygen atoms in total. The first-order valence-electron chi connectivity index (χ1n) is 9.24. The molecule has 148 valence electrons. The van der Waals surface area contributed by atoms with Gasteiger partial charge < -0.3 is 18.7 Å². The molecule has 4 rings (SSSR count). The van der Waals surface area contributed by atoms with Gasteiger partial charge in [-0.3, -0.25) is 0 Å². The molecule has 2 aromatic heterocycles. The van der Waals surface area contributed by atoms with Crippen molar-refractivity contribution >= 4 is 10.9 Å². The monoisotopic (exact) mass is 391 g/mol. The molecule has 0 fully saturated rings. The van der Waals surface area contributed by atoms with Crippen molar-refractivity contribution in [1.29, 1.82) is 0 Å². The minimum atomic E-state index is 0.368. The van der Waals surface area contributed by atoms with Crippen LogP contribution in [-0.4, -0.2) is 36.0 Å². The summed E-state index contributed by atoms with van der Waals surface area (Å²) in [4.78, 5) is 9.25. The number of rotatable bonds is 6. The van der Waals surface area contributed by atoms with Gasteiger partial charge in [-0.05, 0) is 43.7 Å². The average molecular weight is 391 g/mol. The van der Waals surface area contributed by atoms with E-state index in [-0.39, 0.29) is 0 Å². The third-order valence-electron chi connectivity index (χ3n) is 4.59. The molecule has 0 saturated carbocycles. The van der Waals surface area contributed by atoms with Gasteiger partial charge in [-0.2, -0.15) is 4.98 Å². The standard InChI is InChI=1S/C22H21N3O4/c1-5-28-22-16(11-14-8-6-7-13(2)19(14)23-22)20-24-21(29-25-20)15-9-10-17(26-3)18(12-15)27-4/h6-12H,5H2,1-4H3. The van der Waals surface area contributed by atoms with Gasteiger partial charge in [-0.25, -0.2) is 4.98 Å². The zero-order valence-corrected chi connectivity index (χ0v) is 16.7. The van der Waals surface area contributed by atoms with Crippen molar-refractivity contribution in [2.45, 2.75) is 13.8 Å². The first-order chi connectivity index (χ1) is 14.1. The lowest BCUT2D eigenvalue weighted by atomic mass is 10.1. The molecule has 0 atom stereocenters. The summed E-state index contributed by atoms with van der Waals surface area (Å²) in [6.45, 7) is 4.42. The molecule has 0 amide bonds. The van der Waals surface area contributed by atoms with E-state index in [0.717, 1.165) is 22.0 Å². The molecule has 0 aliphatic carbocycles. The van der Waals surface area contributed by atoms with Crippen LogP contribution in [0, 0.1) is 6.92 Å². The van der Waals surface area contributed by atoms with Crippen LogP contribution in [-0.2, 0) is 0 Å².